The summed E-state index contributed by atoms with van der Waals surface area (Å²) in [6.07, 6.45) is 9.09. The van der Waals surface area contributed by atoms with Gasteiger partial charge in [-0.25, -0.2) is 4.79 Å². The van der Waals surface area contributed by atoms with E-state index < -0.39 is 6.04 Å². The number of aryl methyl sites for hydroxylation is 1. The van der Waals surface area contributed by atoms with Crippen molar-refractivity contribution in [2.24, 2.45) is 5.92 Å². The van der Waals surface area contributed by atoms with Crippen molar-refractivity contribution in [3.63, 3.8) is 0 Å². The number of carbonyl (C=O) groups excluding carboxylic acids is 2. The van der Waals surface area contributed by atoms with Crippen LogP contribution in [0.1, 0.15) is 54.4 Å². The van der Waals surface area contributed by atoms with Gasteiger partial charge in [0, 0.05) is 18.7 Å². The zero-order valence-electron chi connectivity index (χ0n) is 21.4. The molecule has 1 fully saturated rings. The van der Waals surface area contributed by atoms with Gasteiger partial charge in [0.15, 0.2) is 0 Å². The molecular weight excluding hydrogens is 456 g/mol. The minimum absolute atomic E-state index is 0.125. The van der Waals surface area contributed by atoms with Crippen LogP contribution in [-0.4, -0.2) is 61.6 Å². The van der Waals surface area contributed by atoms with Crippen LogP contribution in [0.2, 0.25) is 0 Å². The van der Waals surface area contributed by atoms with Crippen LogP contribution >= 0.6 is 11.8 Å². The standard InChI is InChI=1S/C29H40N2O3S/c1-22-11-7-8-14-24(22)25-15-9-10-16-26(25)28(32)31(27(17-20-35-3)29(33)34-2)19-18-30-21-23-12-5-4-6-13-23/h7-11,14-16,23,27,30H,4-6,12-13,17-21H2,1-3H3/t27-/m0/s1. The number of nitrogens with zero attached hydrogens (tertiary/aromatic N) is 1. The maximum atomic E-state index is 14.1. The van der Waals surface area contributed by atoms with Gasteiger partial charge in [-0.15, -0.1) is 0 Å². The Morgan fingerprint density at radius 3 is 2.43 bits per heavy atom. The van der Waals surface area contributed by atoms with Crippen molar-refractivity contribution < 1.29 is 14.3 Å². The molecule has 2 aromatic rings. The molecule has 0 aromatic heterocycles. The first-order valence-electron chi connectivity index (χ1n) is 12.8. The normalized spacial score (nSPS) is 14.9. The molecule has 5 nitrogen and oxygen atoms in total. The monoisotopic (exact) mass is 496 g/mol. The number of nitrogens with one attached hydrogen (secondary N) is 1. The fourth-order valence-corrected chi connectivity index (χ4v) is 5.46. The second-order valence-electron chi connectivity index (χ2n) is 9.39. The number of amides is 1. The largest absolute Gasteiger partial charge is 0.467 e. The van der Waals surface area contributed by atoms with E-state index in [0.29, 0.717) is 31.0 Å². The Labute approximate surface area is 215 Å². The average Bonchev–Trinajstić information content (AvgIpc) is 2.90. The highest BCUT2D eigenvalue weighted by atomic mass is 32.2. The first-order chi connectivity index (χ1) is 17.1. The summed E-state index contributed by atoms with van der Waals surface area (Å²) in [5.41, 5.74) is 3.65. The van der Waals surface area contributed by atoms with E-state index >= 15 is 0 Å². The lowest BCUT2D eigenvalue weighted by atomic mass is 9.89. The van der Waals surface area contributed by atoms with E-state index in [1.54, 1.807) is 16.7 Å². The topological polar surface area (TPSA) is 58.6 Å². The highest BCUT2D eigenvalue weighted by Gasteiger charge is 2.32. The molecule has 0 aliphatic heterocycles. The van der Waals surface area contributed by atoms with Gasteiger partial charge in [-0.3, -0.25) is 4.79 Å². The minimum atomic E-state index is -0.610. The van der Waals surface area contributed by atoms with E-state index in [2.05, 4.69) is 18.3 Å². The lowest BCUT2D eigenvalue weighted by Crippen LogP contribution is -2.49. The predicted molar refractivity (Wildman–Crippen MR) is 146 cm³/mol. The van der Waals surface area contributed by atoms with Gasteiger partial charge in [0.1, 0.15) is 6.04 Å². The van der Waals surface area contributed by atoms with Gasteiger partial charge < -0.3 is 15.0 Å². The molecule has 1 aliphatic carbocycles. The van der Waals surface area contributed by atoms with Gasteiger partial charge in [0.05, 0.1) is 7.11 Å². The van der Waals surface area contributed by atoms with Gasteiger partial charge >= 0.3 is 5.97 Å². The molecule has 0 heterocycles. The van der Waals surface area contributed by atoms with E-state index in [4.69, 9.17) is 4.74 Å². The summed E-state index contributed by atoms with van der Waals surface area (Å²) in [5.74, 6) is 1.01. The fraction of sp³-hybridized carbons (Fsp3) is 0.517. The number of hydrogen-bond acceptors (Lipinski definition) is 5. The Hall–Kier alpha value is -2.31. The summed E-state index contributed by atoms with van der Waals surface area (Å²) >= 11 is 1.67. The number of carbonyl (C=O) groups is 2. The van der Waals surface area contributed by atoms with Crippen LogP contribution in [0.25, 0.3) is 11.1 Å². The second kappa shape index (κ2) is 14.3. The quantitative estimate of drug-likeness (QED) is 0.308. The molecule has 6 heteroatoms. The average molecular weight is 497 g/mol. The SMILES string of the molecule is COC(=O)[C@H](CCSC)N(CCNCC1CCCCC1)C(=O)c1ccccc1-c1ccccc1C. The van der Waals surface area contributed by atoms with E-state index in [9.17, 15) is 9.59 Å². The van der Waals surface area contributed by atoms with E-state index in [0.717, 1.165) is 29.0 Å². The van der Waals surface area contributed by atoms with Gasteiger partial charge in [-0.2, -0.15) is 11.8 Å². The van der Waals surface area contributed by atoms with Crippen molar-refractivity contribution in [2.45, 2.75) is 51.5 Å². The van der Waals surface area contributed by atoms with Crippen LogP contribution in [0.5, 0.6) is 0 Å². The summed E-state index contributed by atoms with van der Waals surface area (Å²) in [6, 6.07) is 15.2. The fourth-order valence-electron chi connectivity index (χ4n) is 5.00. The Bertz CT molecular complexity index is 958. The Morgan fingerprint density at radius 2 is 1.74 bits per heavy atom. The van der Waals surface area contributed by atoms with Gasteiger partial charge in [-0.1, -0.05) is 61.7 Å². The lowest BCUT2D eigenvalue weighted by molar-refractivity contribution is -0.146. The molecule has 2 aromatic carbocycles. The maximum Gasteiger partial charge on any atom is 0.328 e. The van der Waals surface area contributed by atoms with Crippen molar-refractivity contribution in [3.8, 4) is 11.1 Å². The molecule has 0 saturated heterocycles. The number of rotatable bonds is 12. The molecule has 0 unspecified atom stereocenters. The molecule has 3 rings (SSSR count). The Morgan fingerprint density at radius 1 is 1.06 bits per heavy atom. The number of hydrogen-bond donors (Lipinski definition) is 1. The Balaban J connectivity index is 1.85. The highest BCUT2D eigenvalue weighted by Crippen LogP contribution is 2.28. The van der Waals surface area contributed by atoms with Crippen LogP contribution in [0.3, 0.4) is 0 Å². The molecule has 1 aliphatic rings. The minimum Gasteiger partial charge on any atom is -0.467 e. The van der Waals surface area contributed by atoms with Crippen LogP contribution in [0, 0.1) is 12.8 Å². The van der Waals surface area contributed by atoms with Crippen molar-refractivity contribution in [2.75, 3.05) is 38.8 Å². The summed E-state index contributed by atoms with van der Waals surface area (Å²) in [4.78, 5) is 28.6. The number of esters is 1. The molecule has 1 saturated carbocycles. The maximum absolute atomic E-state index is 14.1. The lowest BCUT2D eigenvalue weighted by Gasteiger charge is -2.31. The highest BCUT2D eigenvalue weighted by molar-refractivity contribution is 7.98. The molecule has 0 bridgehead atoms. The number of methoxy groups -OCH3 is 1. The smallest absolute Gasteiger partial charge is 0.328 e. The Kier molecular flexibility index (Phi) is 11.1. The number of benzene rings is 2. The molecule has 0 spiro atoms. The van der Waals surface area contributed by atoms with Crippen molar-refractivity contribution in [1.82, 2.24) is 10.2 Å². The molecule has 35 heavy (non-hydrogen) atoms. The third-order valence-electron chi connectivity index (χ3n) is 6.99. The van der Waals surface area contributed by atoms with Gasteiger partial charge in [0.2, 0.25) is 0 Å². The molecule has 190 valence electrons. The summed E-state index contributed by atoms with van der Waals surface area (Å²) in [7, 11) is 1.40. The summed E-state index contributed by atoms with van der Waals surface area (Å²) < 4.78 is 5.15. The third-order valence-corrected chi connectivity index (χ3v) is 7.63. The number of thioether (sulfide) groups is 1. The van der Waals surface area contributed by atoms with Gasteiger partial charge in [-0.05, 0) is 73.4 Å². The van der Waals surface area contributed by atoms with Crippen LogP contribution < -0.4 is 5.32 Å². The summed E-state index contributed by atoms with van der Waals surface area (Å²) in [5, 5.41) is 3.56. The molecule has 0 radical (unpaired) electrons. The molecule has 1 amide bonds. The van der Waals surface area contributed by atoms with E-state index in [-0.39, 0.29) is 11.9 Å². The molecular formula is C29H40N2O3S. The van der Waals surface area contributed by atoms with E-state index in [1.807, 2.05) is 48.7 Å². The van der Waals surface area contributed by atoms with Crippen LogP contribution in [0.15, 0.2) is 48.5 Å². The first kappa shape index (κ1) is 27.3. The molecule has 1 atom stereocenters. The zero-order chi connectivity index (χ0) is 25.0. The first-order valence-corrected chi connectivity index (χ1v) is 14.2. The van der Waals surface area contributed by atoms with Crippen molar-refractivity contribution in [1.29, 1.82) is 0 Å². The zero-order valence-corrected chi connectivity index (χ0v) is 22.2. The summed E-state index contributed by atoms with van der Waals surface area (Å²) in [6.45, 7) is 4.14. The van der Waals surface area contributed by atoms with Crippen LogP contribution in [-0.2, 0) is 9.53 Å². The third kappa shape index (κ3) is 7.58. The van der Waals surface area contributed by atoms with Crippen LogP contribution in [0.4, 0.5) is 0 Å². The van der Waals surface area contributed by atoms with E-state index in [1.165, 1.54) is 39.2 Å². The second-order valence-corrected chi connectivity index (χ2v) is 10.4. The predicted octanol–water partition coefficient (Wildman–Crippen LogP) is 5.57. The van der Waals surface area contributed by atoms with Crippen molar-refractivity contribution in [3.05, 3.63) is 59.7 Å². The van der Waals surface area contributed by atoms with Crippen molar-refractivity contribution >= 4 is 23.6 Å². The molecule has 1 N–H and O–H groups in total. The van der Waals surface area contributed by atoms with Gasteiger partial charge in [0.25, 0.3) is 5.91 Å². The number of ether oxygens (including phenoxy) is 1.